The van der Waals surface area contributed by atoms with Crippen molar-refractivity contribution in [3.63, 3.8) is 0 Å². The Morgan fingerprint density at radius 2 is 1.12 bits per heavy atom. The third-order valence-corrected chi connectivity index (χ3v) is 7.00. The van der Waals surface area contributed by atoms with E-state index in [1.54, 1.807) is 26.4 Å². The Balaban J connectivity index is 1.80. The number of ether oxygens (including phenoxy) is 2. The Bertz CT molecular complexity index is 975. The van der Waals surface area contributed by atoms with Crippen LogP contribution >= 0.6 is 0 Å². The molecule has 1 saturated heterocycles. The SMILES string of the molecule is COc1ccc(C2NC(c3ccc(OC)cc3)C(C)C(O)(c3ccc(F)cc3)C2C)cc1. The topological polar surface area (TPSA) is 50.7 Å². The molecular formula is C27H30FNO3. The van der Waals surface area contributed by atoms with Crippen molar-refractivity contribution in [2.24, 2.45) is 11.8 Å². The average Bonchev–Trinajstić information content (AvgIpc) is 2.83. The van der Waals surface area contributed by atoms with E-state index < -0.39 is 5.60 Å². The number of piperidine rings is 1. The Labute approximate surface area is 189 Å². The van der Waals surface area contributed by atoms with Crippen LogP contribution in [-0.4, -0.2) is 19.3 Å². The maximum absolute atomic E-state index is 13.7. The minimum atomic E-state index is -1.17. The van der Waals surface area contributed by atoms with Crippen molar-refractivity contribution in [2.75, 3.05) is 14.2 Å². The Morgan fingerprint density at radius 1 is 0.719 bits per heavy atom. The van der Waals surface area contributed by atoms with Gasteiger partial charge in [-0.05, 0) is 53.1 Å². The highest BCUT2D eigenvalue weighted by molar-refractivity contribution is 5.37. The molecule has 0 amide bonds. The van der Waals surface area contributed by atoms with E-state index in [9.17, 15) is 9.50 Å². The molecule has 0 radical (unpaired) electrons. The maximum Gasteiger partial charge on any atom is 0.123 e. The van der Waals surface area contributed by atoms with Crippen LogP contribution in [0.5, 0.6) is 11.5 Å². The second-order valence-electron chi connectivity index (χ2n) is 8.58. The van der Waals surface area contributed by atoms with Gasteiger partial charge in [0.1, 0.15) is 17.3 Å². The van der Waals surface area contributed by atoms with Crippen molar-refractivity contribution >= 4 is 0 Å². The fourth-order valence-electron chi connectivity index (χ4n) is 5.04. The molecule has 4 rings (SSSR count). The van der Waals surface area contributed by atoms with Crippen LogP contribution in [0, 0.1) is 17.7 Å². The van der Waals surface area contributed by atoms with E-state index in [1.165, 1.54) is 12.1 Å². The van der Waals surface area contributed by atoms with Crippen LogP contribution in [-0.2, 0) is 5.60 Å². The lowest BCUT2D eigenvalue weighted by atomic mass is 9.63. The summed E-state index contributed by atoms with van der Waals surface area (Å²) in [4.78, 5) is 0. The summed E-state index contributed by atoms with van der Waals surface area (Å²) in [7, 11) is 3.29. The first kappa shape index (κ1) is 22.3. The van der Waals surface area contributed by atoms with E-state index >= 15 is 0 Å². The maximum atomic E-state index is 13.7. The molecule has 0 saturated carbocycles. The van der Waals surface area contributed by atoms with Gasteiger partial charge in [0.05, 0.1) is 19.8 Å². The highest BCUT2D eigenvalue weighted by atomic mass is 19.1. The predicted octanol–water partition coefficient (Wildman–Crippen LogP) is 5.39. The highest BCUT2D eigenvalue weighted by Gasteiger charge is 2.52. The van der Waals surface area contributed by atoms with Crippen LogP contribution < -0.4 is 14.8 Å². The molecule has 1 aliphatic heterocycles. The van der Waals surface area contributed by atoms with Gasteiger partial charge >= 0.3 is 0 Å². The predicted molar refractivity (Wildman–Crippen MR) is 123 cm³/mol. The first-order valence-electron chi connectivity index (χ1n) is 10.9. The third kappa shape index (κ3) is 3.87. The fourth-order valence-corrected chi connectivity index (χ4v) is 5.04. The van der Waals surface area contributed by atoms with Crippen molar-refractivity contribution in [1.29, 1.82) is 0 Å². The molecule has 168 valence electrons. The Kier molecular flexibility index (Phi) is 6.22. The lowest BCUT2D eigenvalue weighted by Gasteiger charge is -2.52. The summed E-state index contributed by atoms with van der Waals surface area (Å²) >= 11 is 0. The number of benzene rings is 3. The lowest BCUT2D eigenvalue weighted by Crippen LogP contribution is -2.55. The van der Waals surface area contributed by atoms with Crippen molar-refractivity contribution in [1.82, 2.24) is 5.32 Å². The van der Waals surface area contributed by atoms with Gasteiger partial charge in [0.15, 0.2) is 0 Å². The molecule has 4 nitrogen and oxygen atoms in total. The summed E-state index contributed by atoms with van der Waals surface area (Å²) in [5.74, 6) is 0.902. The van der Waals surface area contributed by atoms with Gasteiger partial charge in [0.2, 0.25) is 0 Å². The smallest absolute Gasteiger partial charge is 0.123 e. The minimum absolute atomic E-state index is 0.126. The van der Waals surface area contributed by atoms with Gasteiger partial charge in [-0.15, -0.1) is 0 Å². The minimum Gasteiger partial charge on any atom is -0.497 e. The van der Waals surface area contributed by atoms with Crippen LogP contribution in [0.2, 0.25) is 0 Å². The highest BCUT2D eigenvalue weighted by Crippen LogP contribution is 2.52. The van der Waals surface area contributed by atoms with Gasteiger partial charge in [-0.1, -0.05) is 50.2 Å². The summed E-state index contributed by atoms with van der Waals surface area (Å²) in [5.41, 5.74) is 1.67. The Morgan fingerprint density at radius 3 is 1.50 bits per heavy atom. The van der Waals surface area contributed by atoms with Crippen molar-refractivity contribution in [3.8, 4) is 11.5 Å². The molecule has 3 aromatic rings. The number of nitrogens with one attached hydrogen (secondary N) is 1. The standard InChI is InChI=1S/C27H30FNO3/c1-17-25(19-5-13-23(31-3)14-6-19)29-26(20-7-15-24(32-4)16-8-20)18(2)27(17,30)21-9-11-22(28)12-10-21/h5-18,25-26,29-30H,1-4H3. The van der Waals surface area contributed by atoms with E-state index in [1.807, 2.05) is 62.4 Å². The molecule has 0 spiro atoms. The molecule has 0 aliphatic carbocycles. The fraction of sp³-hybridized carbons (Fsp3) is 0.333. The zero-order valence-electron chi connectivity index (χ0n) is 18.9. The van der Waals surface area contributed by atoms with Gasteiger partial charge < -0.3 is 19.9 Å². The van der Waals surface area contributed by atoms with Crippen LogP contribution in [0.15, 0.2) is 72.8 Å². The van der Waals surface area contributed by atoms with E-state index in [-0.39, 0.29) is 29.7 Å². The summed E-state index contributed by atoms with van der Waals surface area (Å²) in [6.45, 7) is 4.10. The zero-order chi connectivity index (χ0) is 22.9. The number of methoxy groups -OCH3 is 2. The number of rotatable bonds is 5. The molecule has 3 aromatic carbocycles. The molecule has 1 fully saturated rings. The quantitative estimate of drug-likeness (QED) is 0.564. The van der Waals surface area contributed by atoms with Gasteiger partial charge in [-0.3, -0.25) is 0 Å². The summed E-state index contributed by atoms with van der Waals surface area (Å²) in [6.07, 6.45) is 0. The molecule has 4 unspecified atom stereocenters. The van der Waals surface area contributed by atoms with Crippen LogP contribution in [0.3, 0.4) is 0 Å². The van der Waals surface area contributed by atoms with Gasteiger partial charge in [0, 0.05) is 23.9 Å². The van der Waals surface area contributed by atoms with E-state index in [0.717, 1.165) is 28.2 Å². The third-order valence-electron chi connectivity index (χ3n) is 7.00. The summed E-state index contributed by atoms with van der Waals surface area (Å²) in [5, 5.41) is 16.0. The molecule has 0 bridgehead atoms. The van der Waals surface area contributed by atoms with Crippen LogP contribution in [0.4, 0.5) is 4.39 Å². The molecule has 4 atom stereocenters. The van der Waals surface area contributed by atoms with Gasteiger partial charge in [-0.25, -0.2) is 4.39 Å². The second-order valence-corrected chi connectivity index (χ2v) is 8.58. The largest absolute Gasteiger partial charge is 0.497 e. The van der Waals surface area contributed by atoms with Gasteiger partial charge in [0.25, 0.3) is 0 Å². The van der Waals surface area contributed by atoms with E-state index in [4.69, 9.17) is 9.47 Å². The van der Waals surface area contributed by atoms with Crippen LogP contribution in [0.25, 0.3) is 0 Å². The first-order valence-corrected chi connectivity index (χ1v) is 10.9. The summed E-state index contributed by atoms with van der Waals surface area (Å²) < 4.78 is 24.3. The molecule has 1 aliphatic rings. The number of hydrogen-bond donors (Lipinski definition) is 2. The molecular weight excluding hydrogens is 405 g/mol. The average molecular weight is 436 g/mol. The van der Waals surface area contributed by atoms with Crippen molar-refractivity contribution < 1.29 is 19.0 Å². The molecule has 5 heteroatoms. The van der Waals surface area contributed by atoms with E-state index in [0.29, 0.717) is 0 Å². The van der Waals surface area contributed by atoms with Gasteiger partial charge in [-0.2, -0.15) is 0 Å². The van der Waals surface area contributed by atoms with Crippen molar-refractivity contribution in [3.05, 3.63) is 95.3 Å². The molecule has 1 heterocycles. The summed E-state index contributed by atoms with van der Waals surface area (Å²) in [6, 6.07) is 21.8. The normalized spacial score (nSPS) is 27.7. The molecule has 2 N–H and O–H groups in total. The second kappa shape index (κ2) is 8.93. The van der Waals surface area contributed by atoms with Crippen LogP contribution in [0.1, 0.15) is 42.6 Å². The van der Waals surface area contributed by atoms with E-state index in [2.05, 4.69) is 5.32 Å². The van der Waals surface area contributed by atoms with Crippen molar-refractivity contribution in [2.45, 2.75) is 31.5 Å². The molecule has 0 aromatic heterocycles. The number of aliphatic hydroxyl groups is 1. The zero-order valence-corrected chi connectivity index (χ0v) is 18.9. The number of hydrogen-bond acceptors (Lipinski definition) is 4. The Hall–Kier alpha value is -2.89. The number of halogens is 1. The molecule has 32 heavy (non-hydrogen) atoms. The monoisotopic (exact) mass is 435 g/mol. The first-order chi connectivity index (χ1) is 15.4. The lowest BCUT2D eigenvalue weighted by molar-refractivity contribution is -0.118.